The van der Waals surface area contributed by atoms with E-state index >= 15 is 0 Å². The average molecular weight is 382 g/mol. The third kappa shape index (κ3) is 2.37. The third-order valence-corrected chi connectivity index (χ3v) is 8.08. The smallest absolute Gasteiger partial charge is 0.320 e. The van der Waals surface area contributed by atoms with Crippen LogP contribution in [0.3, 0.4) is 0 Å². The van der Waals surface area contributed by atoms with Crippen LogP contribution in [0, 0.1) is 12.3 Å². The Morgan fingerprint density at radius 3 is 2.64 bits per heavy atom. The molecule has 3 heterocycles. The van der Waals surface area contributed by atoms with Crippen LogP contribution in [0.25, 0.3) is 11.1 Å². The Labute approximate surface area is 167 Å². The molecule has 1 aliphatic carbocycles. The number of hydrogen-bond acceptors (Lipinski definition) is 3. The van der Waals surface area contributed by atoms with Crippen molar-refractivity contribution in [2.24, 2.45) is 5.41 Å². The first-order valence-electron chi connectivity index (χ1n) is 10.8. The minimum Gasteiger partial charge on any atom is -0.441 e. The van der Waals surface area contributed by atoms with Gasteiger partial charge < -0.3 is 14.2 Å². The Morgan fingerprint density at radius 2 is 1.89 bits per heavy atom. The molecule has 2 bridgehead atoms. The van der Waals surface area contributed by atoms with E-state index in [2.05, 4.69) is 47.7 Å². The van der Waals surface area contributed by atoms with E-state index in [0.717, 1.165) is 56.4 Å². The van der Waals surface area contributed by atoms with Crippen molar-refractivity contribution in [1.29, 1.82) is 0 Å². The normalized spacial score (nSPS) is 29.1. The van der Waals surface area contributed by atoms with Crippen molar-refractivity contribution in [3.8, 4) is 0 Å². The van der Waals surface area contributed by atoms with Crippen molar-refractivity contribution in [3.05, 3.63) is 29.2 Å². The number of carbonyl (C=O) groups excluding carboxylic acids is 1. The van der Waals surface area contributed by atoms with E-state index in [0.29, 0.717) is 5.89 Å². The molecule has 0 saturated carbocycles. The number of aryl methyl sites for hydroxylation is 1. The van der Waals surface area contributed by atoms with E-state index in [9.17, 15) is 4.79 Å². The highest BCUT2D eigenvalue weighted by atomic mass is 16.3. The summed E-state index contributed by atoms with van der Waals surface area (Å²) in [5.41, 5.74) is 4.59. The third-order valence-electron chi connectivity index (χ3n) is 8.08. The summed E-state index contributed by atoms with van der Waals surface area (Å²) in [7, 11) is 0. The summed E-state index contributed by atoms with van der Waals surface area (Å²) < 4.78 is 5.81. The SMILES string of the molecule is Cc1nc2cc3c(cc2o1)C[C@H]1N(C(=O)N2CCCCC2)CC[C@]3(C)C1(C)C. The number of hydrogen-bond donors (Lipinski definition) is 0. The first-order chi connectivity index (χ1) is 13.3. The predicted molar refractivity (Wildman–Crippen MR) is 110 cm³/mol. The van der Waals surface area contributed by atoms with Gasteiger partial charge in [-0.1, -0.05) is 20.8 Å². The van der Waals surface area contributed by atoms with E-state index in [-0.39, 0.29) is 22.9 Å². The van der Waals surface area contributed by atoms with E-state index in [1.165, 1.54) is 17.5 Å². The Kier molecular flexibility index (Phi) is 3.85. The van der Waals surface area contributed by atoms with E-state index in [1.807, 2.05) is 6.92 Å². The monoisotopic (exact) mass is 381 g/mol. The molecular formula is C23H31N3O2. The maximum absolute atomic E-state index is 13.4. The quantitative estimate of drug-likeness (QED) is 0.667. The molecule has 0 radical (unpaired) electrons. The molecule has 5 heteroatoms. The molecule has 0 spiro atoms. The van der Waals surface area contributed by atoms with Gasteiger partial charge in [0.1, 0.15) is 5.52 Å². The maximum atomic E-state index is 13.4. The fourth-order valence-electron chi connectivity index (χ4n) is 5.94. The Bertz CT molecular complexity index is 941. The second kappa shape index (κ2) is 5.98. The zero-order chi connectivity index (χ0) is 19.7. The summed E-state index contributed by atoms with van der Waals surface area (Å²) in [4.78, 5) is 22.2. The van der Waals surface area contributed by atoms with Gasteiger partial charge in [0.05, 0.1) is 0 Å². The minimum absolute atomic E-state index is 0.0101. The number of oxazole rings is 1. The molecule has 0 N–H and O–H groups in total. The van der Waals surface area contributed by atoms with Crippen LogP contribution >= 0.6 is 0 Å². The molecule has 3 aliphatic rings. The summed E-state index contributed by atoms with van der Waals surface area (Å²) in [6, 6.07) is 4.90. The number of fused-ring (bicyclic) bond motifs is 5. The van der Waals surface area contributed by atoms with Crippen molar-refractivity contribution in [2.75, 3.05) is 19.6 Å². The fourth-order valence-corrected chi connectivity index (χ4v) is 5.94. The molecule has 2 amide bonds. The lowest BCUT2D eigenvalue weighted by Crippen LogP contribution is -2.66. The van der Waals surface area contributed by atoms with Gasteiger partial charge in [0, 0.05) is 38.0 Å². The molecule has 2 atom stereocenters. The molecular weight excluding hydrogens is 350 g/mol. The van der Waals surface area contributed by atoms with Crippen molar-refractivity contribution >= 4 is 17.1 Å². The number of nitrogens with zero attached hydrogens (tertiary/aromatic N) is 3. The molecule has 1 aromatic heterocycles. The van der Waals surface area contributed by atoms with E-state index < -0.39 is 0 Å². The van der Waals surface area contributed by atoms with Crippen molar-refractivity contribution in [1.82, 2.24) is 14.8 Å². The molecule has 0 unspecified atom stereocenters. The number of rotatable bonds is 0. The Hall–Kier alpha value is -2.04. The van der Waals surface area contributed by atoms with Crippen LogP contribution in [-0.2, 0) is 11.8 Å². The fraction of sp³-hybridized carbons (Fsp3) is 0.652. The first kappa shape index (κ1) is 18.0. The van der Waals surface area contributed by atoms with Crippen LogP contribution in [-0.4, -0.2) is 46.5 Å². The topological polar surface area (TPSA) is 49.6 Å². The molecule has 28 heavy (non-hydrogen) atoms. The van der Waals surface area contributed by atoms with Crippen LogP contribution in [0.15, 0.2) is 16.5 Å². The van der Waals surface area contributed by atoms with Gasteiger partial charge in [0.15, 0.2) is 11.5 Å². The largest absolute Gasteiger partial charge is 0.441 e. The lowest BCUT2D eigenvalue weighted by molar-refractivity contribution is -0.0241. The van der Waals surface area contributed by atoms with Gasteiger partial charge in [-0.3, -0.25) is 0 Å². The standard InChI is InChI=1S/C23H31N3O2/c1-15-24-18-14-17-16(12-19(18)28-15)13-20-22(2,3)23(17,4)8-11-26(20)21(27)25-9-6-5-7-10-25/h12,14,20H,5-11,13H2,1-4H3/t20-,23+/m1/s1. The average Bonchev–Trinajstić information content (AvgIpc) is 3.03. The predicted octanol–water partition coefficient (Wildman–Crippen LogP) is 4.66. The van der Waals surface area contributed by atoms with Crippen LogP contribution in [0.1, 0.15) is 63.5 Å². The number of piperidine rings is 2. The maximum Gasteiger partial charge on any atom is 0.320 e. The summed E-state index contributed by atoms with van der Waals surface area (Å²) in [6.45, 7) is 11.7. The van der Waals surface area contributed by atoms with Gasteiger partial charge in [-0.15, -0.1) is 0 Å². The van der Waals surface area contributed by atoms with Gasteiger partial charge in [-0.05, 0) is 60.8 Å². The number of benzene rings is 1. The molecule has 2 fully saturated rings. The molecule has 2 aliphatic heterocycles. The van der Waals surface area contributed by atoms with Crippen molar-refractivity contribution in [3.63, 3.8) is 0 Å². The summed E-state index contributed by atoms with van der Waals surface area (Å²) in [5, 5.41) is 0. The number of likely N-dealkylation sites (tertiary alicyclic amines) is 2. The van der Waals surface area contributed by atoms with Gasteiger partial charge in [0.25, 0.3) is 0 Å². The number of aromatic nitrogens is 1. The second-order valence-electron chi connectivity index (χ2n) is 9.76. The molecule has 2 saturated heterocycles. The molecule has 2 aromatic rings. The molecule has 150 valence electrons. The van der Waals surface area contributed by atoms with E-state index in [4.69, 9.17) is 4.42 Å². The highest BCUT2D eigenvalue weighted by Crippen LogP contribution is 2.56. The van der Waals surface area contributed by atoms with Crippen LogP contribution in [0.5, 0.6) is 0 Å². The summed E-state index contributed by atoms with van der Waals surface area (Å²) in [5.74, 6) is 0.714. The lowest BCUT2D eigenvalue weighted by atomic mass is 9.51. The van der Waals surface area contributed by atoms with Gasteiger partial charge in [-0.25, -0.2) is 9.78 Å². The Morgan fingerprint density at radius 1 is 1.14 bits per heavy atom. The first-order valence-corrected chi connectivity index (χ1v) is 10.8. The van der Waals surface area contributed by atoms with Crippen molar-refractivity contribution < 1.29 is 9.21 Å². The lowest BCUT2D eigenvalue weighted by Gasteiger charge is -2.61. The summed E-state index contributed by atoms with van der Waals surface area (Å²) >= 11 is 0. The second-order valence-corrected chi connectivity index (χ2v) is 9.76. The number of urea groups is 1. The molecule has 5 rings (SSSR count). The molecule has 5 nitrogen and oxygen atoms in total. The highest BCUT2D eigenvalue weighted by Gasteiger charge is 2.57. The van der Waals surface area contributed by atoms with Gasteiger partial charge in [-0.2, -0.15) is 0 Å². The zero-order valence-corrected chi connectivity index (χ0v) is 17.5. The van der Waals surface area contributed by atoms with Gasteiger partial charge >= 0.3 is 6.03 Å². The summed E-state index contributed by atoms with van der Waals surface area (Å²) in [6.07, 6.45) is 5.41. The van der Waals surface area contributed by atoms with Gasteiger partial charge in [0.2, 0.25) is 0 Å². The van der Waals surface area contributed by atoms with Crippen LogP contribution in [0.4, 0.5) is 4.79 Å². The highest BCUT2D eigenvalue weighted by molar-refractivity contribution is 5.78. The van der Waals surface area contributed by atoms with E-state index in [1.54, 1.807) is 0 Å². The van der Waals surface area contributed by atoms with Crippen LogP contribution < -0.4 is 0 Å². The minimum atomic E-state index is 0.0101. The zero-order valence-electron chi connectivity index (χ0n) is 17.5. The number of carbonyl (C=O) groups is 1. The number of amides is 2. The van der Waals surface area contributed by atoms with Crippen LogP contribution in [0.2, 0.25) is 0 Å². The Balaban J connectivity index is 1.57. The van der Waals surface area contributed by atoms with Crippen molar-refractivity contribution in [2.45, 2.75) is 71.3 Å². The molecule has 1 aromatic carbocycles.